The van der Waals surface area contributed by atoms with E-state index in [2.05, 4.69) is 41.0 Å². The van der Waals surface area contributed by atoms with E-state index < -0.39 is 118 Å². The van der Waals surface area contributed by atoms with Crippen molar-refractivity contribution in [2.24, 2.45) is 23.7 Å². The Morgan fingerprint density at radius 2 is 0.755 bits per heavy atom. The lowest BCUT2D eigenvalue weighted by molar-refractivity contribution is -0.147. The van der Waals surface area contributed by atoms with Crippen molar-refractivity contribution in [1.29, 1.82) is 0 Å². The molecule has 13 atom stereocenters. The fraction of sp³-hybridized carbons (Fsp3) is 0.430. The minimum Gasteiger partial charge on any atom is -0.497 e. The third kappa shape index (κ3) is 25.2. The Balaban J connectivity index is 0.000000231. The third-order valence-electron chi connectivity index (χ3n) is 24.3. The quantitative estimate of drug-likeness (QED) is 0.0138. The molecule has 139 heavy (non-hydrogen) atoms. The molecule has 0 spiro atoms. The normalized spacial score (nSPS) is 22.0. The van der Waals surface area contributed by atoms with E-state index in [1.807, 2.05) is 198 Å². The molecule has 6 fully saturated rings. The predicted molar refractivity (Wildman–Crippen MR) is 547 cm³/mol. The number of fused-ring (bicyclic) bond motifs is 3. The Labute approximate surface area is 826 Å². The predicted octanol–water partition coefficient (Wildman–Crippen LogP) is 18.9. The largest absolute Gasteiger partial charge is 0.497 e. The lowest BCUT2D eigenvalue weighted by Gasteiger charge is -2.32. The van der Waals surface area contributed by atoms with Gasteiger partial charge in [0.05, 0.1) is 111 Å². The second kappa shape index (κ2) is 45.0. The number of carboxylic acid groups (broad SMARTS) is 1. The van der Waals surface area contributed by atoms with Crippen molar-refractivity contribution in [3.63, 3.8) is 0 Å². The average Bonchev–Trinajstić information content (AvgIpc) is 1.58. The van der Waals surface area contributed by atoms with Gasteiger partial charge in [-0.1, -0.05) is 177 Å². The molecule has 744 valence electrons. The molecule has 0 radical (unpaired) electrons. The summed E-state index contributed by atoms with van der Waals surface area (Å²) in [6.07, 6.45) is 3.64. The first-order valence-electron chi connectivity index (χ1n) is 44.8. The first-order valence-corrected chi connectivity index (χ1v) is 45.6. The fourth-order valence-corrected chi connectivity index (χ4v) is 17.9. The monoisotopic (exact) mass is 1940 g/mol. The molecule has 6 aliphatic rings. The Morgan fingerprint density at radius 1 is 0.439 bits per heavy atom. The minimum absolute atomic E-state index is 0. The standard InChI is InChI=1S/C37H44N4O7S.C33H37N3O7.C33H37N3O6S.4CH4/c1-8-23-19-37(23,34(43)44)40-32(49)29-17-25(20-41(29)33(42)31(21(2)3)39-35(45)48-36(4,5)6)47-30-18-27(22-12-10-9-11-13-22)38-28-16-24(46-7)14-15-26(28)30;1-7-21-18-33(21,30(38)41-6)35-29(37)27-16-23(19-36(27)31(39)43-32(2,3)4)42-28-17-25(20-11-9-8-10-12-20)34-26-15-22(40-5)13-14-24(26)28;1-7-21-18-33(21,30(37)40-6)35-29(43)27-16-23(19-36(27)31(38)42-32(2,3)4)41-28-17-25(20-11-9-8-10-12-20)34-26-15-22(39-5)13-14-24(26)28;;;;/h8-16,18,21,23,25,29,31H,1,17,19-20H2,2-7H3,(H,39,45)(H,40,49)(H,43,44);7-15,17,21,23,27H,1,16,18-19H2,2-6H3,(H,35,37);7-15,17,21,23,27H,1,16,18-19H2,2-6H3,(H,35,43);4*1H4/t23?,25-,29+,31+,37-;2*21?,23-,27+,33-;;;;/m111..../s1. The van der Waals surface area contributed by atoms with Crippen molar-refractivity contribution in [2.45, 2.75) is 220 Å². The van der Waals surface area contributed by atoms with Crippen molar-refractivity contribution in [1.82, 2.24) is 50.9 Å². The molecule has 6 heterocycles. The average molecular weight is 1940 g/mol. The van der Waals surface area contributed by atoms with E-state index in [0.717, 1.165) is 44.1 Å². The number of rotatable bonds is 27. The maximum Gasteiger partial charge on any atom is 0.411 e. The van der Waals surface area contributed by atoms with Gasteiger partial charge < -0.3 is 83.4 Å². The highest BCUT2D eigenvalue weighted by molar-refractivity contribution is 7.80. The minimum atomic E-state index is -1.29. The number of aromatic nitrogens is 3. The maximum absolute atomic E-state index is 14.3. The van der Waals surface area contributed by atoms with Gasteiger partial charge in [0, 0.05) is 106 Å². The van der Waals surface area contributed by atoms with Crippen LogP contribution in [0.15, 0.2) is 202 Å². The number of esters is 2. The highest BCUT2D eigenvalue weighted by Crippen LogP contribution is 2.49. The molecule has 9 aromatic rings. The van der Waals surface area contributed by atoms with Crippen LogP contribution >= 0.6 is 24.4 Å². The van der Waals surface area contributed by atoms with E-state index in [4.69, 9.17) is 91.5 Å². The zero-order chi connectivity index (χ0) is 97.6. The number of amides is 5. The summed E-state index contributed by atoms with van der Waals surface area (Å²) in [6, 6.07) is 48.5. The van der Waals surface area contributed by atoms with Crippen LogP contribution in [0, 0.1) is 23.7 Å². The molecule has 3 saturated heterocycles. The van der Waals surface area contributed by atoms with Gasteiger partial charge in [-0.25, -0.2) is 43.7 Å². The van der Waals surface area contributed by atoms with Crippen molar-refractivity contribution in [3.8, 4) is 68.3 Å². The van der Waals surface area contributed by atoms with Crippen LogP contribution in [0.25, 0.3) is 66.5 Å². The van der Waals surface area contributed by atoms with Crippen LogP contribution in [-0.2, 0) is 47.7 Å². The molecule has 3 aliphatic heterocycles. The van der Waals surface area contributed by atoms with Crippen molar-refractivity contribution >= 4 is 115 Å². The van der Waals surface area contributed by atoms with E-state index in [-0.39, 0.29) is 96.7 Å². The number of alkyl carbamates (subject to hydrolysis) is 1. The van der Waals surface area contributed by atoms with Crippen LogP contribution in [-0.4, -0.2) is 224 Å². The number of hydrogen-bond donors (Lipinski definition) is 5. The van der Waals surface area contributed by atoms with Gasteiger partial charge in [0.25, 0.3) is 0 Å². The van der Waals surface area contributed by atoms with Crippen LogP contribution in [0.2, 0.25) is 0 Å². The molecule has 5 amide bonds. The van der Waals surface area contributed by atoms with E-state index in [0.29, 0.717) is 87.6 Å². The van der Waals surface area contributed by atoms with Crippen LogP contribution in [0.4, 0.5) is 14.4 Å². The number of nitrogens with one attached hydrogen (secondary N) is 4. The number of carboxylic acids is 1. The Kier molecular flexibility index (Phi) is 35.3. The lowest BCUT2D eigenvalue weighted by Crippen LogP contribution is -2.57. The molecular formula is C107H134N10O20S2. The molecule has 3 saturated carbocycles. The summed E-state index contributed by atoms with van der Waals surface area (Å²) in [5.41, 5.74) is 1.24. The Hall–Kier alpha value is -13.5. The number of likely N-dealkylation sites (tertiary alicyclic amines) is 3. The van der Waals surface area contributed by atoms with Gasteiger partial charge in [-0.05, 0) is 124 Å². The summed E-state index contributed by atoms with van der Waals surface area (Å²) in [6.45, 7) is 31.5. The number of carbonyl (C=O) groups excluding carboxylic acids is 7. The molecule has 5 N–H and O–H groups in total. The molecular weight excluding hydrogens is 1810 g/mol. The molecule has 3 unspecified atom stereocenters. The molecule has 6 aromatic carbocycles. The van der Waals surface area contributed by atoms with Gasteiger partial charge in [-0.15, -0.1) is 19.7 Å². The number of thiocarbonyl (C=S) groups is 2. The van der Waals surface area contributed by atoms with Crippen molar-refractivity contribution in [2.75, 3.05) is 55.2 Å². The summed E-state index contributed by atoms with van der Waals surface area (Å²) in [7, 11) is 7.43. The Bertz CT molecular complexity index is 5780. The summed E-state index contributed by atoms with van der Waals surface area (Å²) in [4.78, 5) is 125. The number of benzene rings is 6. The van der Waals surface area contributed by atoms with Crippen molar-refractivity contribution in [3.05, 3.63) is 202 Å². The summed E-state index contributed by atoms with van der Waals surface area (Å²) in [5, 5.41) is 24.3. The van der Waals surface area contributed by atoms with E-state index >= 15 is 0 Å². The maximum atomic E-state index is 14.3. The van der Waals surface area contributed by atoms with Gasteiger partial charge in [-0.2, -0.15) is 0 Å². The number of carbonyl (C=O) groups is 8. The van der Waals surface area contributed by atoms with Crippen LogP contribution in [0.1, 0.15) is 144 Å². The smallest absolute Gasteiger partial charge is 0.411 e. The van der Waals surface area contributed by atoms with Crippen LogP contribution in [0.5, 0.6) is 34.5 Å². The van der Waals surface area contributed by atoms with Gasteiger partial charge in [0.1, 0.15) is 98.3 Å². The Morgan fingerprint density at radius 3 is 1.07 bits per heavy atom. The summed E-state index contributed by atoms with van der Waals surface area (Å²) < 4.78 is 63.1. The SMILES string of the molecule is C.C.C.C.C=CC1C[C@]1(NC(=O)[C@@H]1C[C@@H](Oc2cc(-c3ccccc3)nc3cc(OC)ccc23)CN1C(=O)OC(C)(C)C)C(=O)OC.C=CC1C[C@]1(NC(=S)[C@@H]1C[C@@H](Oc2cc(-c3ccccc3)nc3cc(OC)ccc23)CN1C(=O)OC(C)(C)C)C(=O)OC.C=CC1C[C@]1(NC(=S)[C@@H]1C[C@@H](Oc2cc(-c3ccccc3)nc3cc(OC)ccc23)CN1C(=O)[C@@H](NC(=O)OC(C)(C)C)C(C)C)C(=O)O. The van der Waals surface area contributed by atoms with Gasteiger partial charge in [0.15, 0.2) is 0 Å². The number of aliphatic carboxylic acids is 1. The second-order valence-electron chi connectivity index (χ2n) is 37.7. The van der Waals surface area contributed by atoms with Crippen LogP contribution < -0.4 is 49.7 Å². The number of pyridine rings is 3. The number of hydrogen-bond acceptors (Lipinski definition) is 24. The molecule has 3 aliphatic carbocycles. The molecule has 3 aromatic heterocycles. The van der Waals surface area contributed by atoms with Gasteiger partial charge in [0.2, 0.25) is 11.8 Å². The summed E-state index contributed by atoms with van der Waals surface area (Å²) in [5.74, 6) is -0.136. The zero-order valence-corrected chi connectivity index (χ0v) is 80.5. The van der Waals surface area contributed by atoms with E-state index in [1.54, 1.807) is 90.9 Å². The summed E-state index contributed by atoms with van der Waals surface area (Å²) >= 11 is 11.7. The second-order valence-corrected chi connectivity index (χ2v) is 38.6. The van der Waals surface area contributed by atoms with Gasteiger partial charge in [-0.3, -0.25) is 19.4 Å². The van der Waals surface area contributed by atoms with Crippen molar-refractivity contribution < 1.29 is 95.6 Å². The lowest BCUT2D eigenvalue weighted by atomic mass is 10.0. The van der Waals surface area contributed by atoms with Gasteiger partial charge >= 0.3 is 36.2 Å². The number of methoxy groups -OCH3 is 5. The topological polar surface area (TPSA) is 355 Å². The third-order valence-corrected chi connectivity index (χ3v) is 25.0. The van der Waals surface area contributed by atoms with Crippen LogP contribution in [0.3, 0.4) is 0 Å². The number of nitrogens with zero attached hydrogens (tertiary/aromatic N) is 6. The molecule has 30 nitrogen and oxygen atoms in total. The van der Waals surface area contributed by atoms with E-state index in [1.165, 1.54) is 19.1 Å². The first-order chi connectivity index (χ1) is 64.1. The fourth-order valence-electron chi connectivity index (χ4n) is 17.1. The van der Waals surface area contributed by atoms with E-state index in [9.17, 15) is 43.5 Å². The zero-order valence-electron chi connectivity index (χ0n) is 78.9. The molecule has 15 rings (SSSR count). The molecule has 0 bridgehead atoms. The number of ether oxygens (including phenoxy) is 11. The highest BCUT2D eigenvalue weighted by Gasteiger charge is 2.64. The first kappa shape index (κ1) is 109. The highest BCUT2D eigenvalue weighted by atomic mass is 32.1. The molecule has 32 heteroatoms.